The van der Waals surface area contributed by atoms with Crippen LogP contribution in [0.2, 0.25) is 0 Å². The molecule has 41 heavy (non-hydrogen) atoms. The number of para-hydroxylation sites is 1. The average Bonchev–Trinajstić information content (AvgIpc) is 3.31. The predicted octanol–water partition coefficient (Wildman–Crippen LogP) is 5.98. The first kappa shape index (κ1) is 29.0. The standard InChI is InChI=1S/C26H19F7N6O2/c1-34-25(37-18(12-40-2)36-14-7-9-35-10-8-14)23-15-5-3-4-6-17(15)39(38-23)11-16-19(27)21(29)24(22(30)20(16)28)41-13-26(31,32)33/h3-10,12H,1,11,13H2,2H3,(H,35,36)/b18-12+,37-25?. The SMILES string of the molecule is C=NC(=N/C(=C/OC)Nc1ccncc1)c1nn(Cc2c(F)c(F)c(OCC(F)(F)F)c(F)c2F)c2ccccc12. The van der Waals surface area contributed by atoms with Gasteiger partial charge in [0.15, 0.2) is 35.6 Å². The summed E-state index contributed by atoms with van der Waals surface area (Å²) in [5, 5.41) is 7.66. The minimum absolute atomic E-state index is 0.0565. The summed E-state index contributed by atoms with van der Waals surface area (Å²) in [6, 6.07) is 9.62. The molecule has 0 saturated carbocycles. The van der Waals surface area contributed by atoms with Gasteiger partial charge in [0.1, 0.15) is 12.0 Å². The number of rotatable bonds is 9. The Morgan fingerprint density at radius 2 is 1.68 bits per heavy atom. The first-order chi connectivity index (χ1) is 19.5. The van der Waals surface area contributed by atoms with E-state index in [-0.39, 0.29) is 22.9 Å². The maximum Gasteiger partial charge on any atom is 0.422 e. The van der Waals surface area contributed by atoms with E-state index in [2.05, 4.69) is 36.8 Å². The second-order valence-electron chi connectivity index (χ2n) is 8.18. The molecule has 0 aliphatic rings. The molecule has 4 rings (SSSR count). The van der Waals surface area contributed by atoms with Crippen LogP contribution < -0.4 is 10.1 Å². The zero-order valence-electron chi connectivity index (χ0n) is 21.0. The number of pyridine rings is 1. The maximum atomic E-state index is 14.8. The van der Waals surface area contributed by atoms with E-state index in [0.29, 0.717) is 11.1 Å². The zero-order valence-corrected chi connectivity index (χ0v) is 21.0. The molecule has 0 amide bonds. The predicted molar refractivity (Wildman–Crippen MR) is 136 cm³/mol. The summed E-state index contributed by atoms with van der Waals surface area (Å²) in [5.41, 5.74) is -0.191. The number of fused-ring (bicyclic) bond motifs is 1. The number of ether oxygens (including phenoxy) is 2. The number of benzene rings is 2. The van der Waals surface area contributed by atoms with Crippen molar-refractivity contribution in [3.05, 3.63) is 95.4 Å². The Morgan fingerprint density at radius 3 is 2.29 bits per heavy atom. The lowest BCUT2D eigenvalue weighted by molar-refractivity contribution is -0.154. The van der Waals surface area contributed by atoms with Gasteiger partial charge in [0.25, 0.3) is 0 Å². The van der Waals surface area contributed by atoms with Gasteiger partial charge in [-0.05, 0) is 24.9 Å². The van der Waals surface area contributed by atoms with Gasteiger partial charge >= 0.3 is 6.18 Å². The Bertz CT molecular complexity index is 1610. The van der Waals surface area contributed by atoms with Crippen LogP contribution in [0.5, 0.6) is 5.75 Å². The van der Waals surface area contributed by atoms with Crippen molar-refractivity contribution in [3.8, 4) is 5.75 Å². The van der Waals surface area contributed by atoms with Crippen molar-refractivity contribution in [1.29, 1.82) is 0 Å². The quantitative estimate of drug-likeness (QED) is 0.0866. The lowest BCUT2D eigenvalue weighted by atomic mass is 10.1. The number of hydrogen-bond acceptors (Lipinski definition) is 6. The van der Waals surface area contributed by atoms with Gasteiger partial charge in [0.2, 0.25) is 11.6 Å². The Morgan fingerprint density at radius 1 is 1.02 bits per heavy atom. The van der Waals surface area contributed by atoms with Crippen LogP contribution in [0.25, 0.3) is 10.9 Å². The second-order valence-corrected chi connectivity index (χ2v) is 8.18. The van der Waals surface area contributed by atoms with E-state index in [0.717, 1.165) is 4.68 Å². The number of halogens is 7. The van der Waals surface area contributed by atoms with Crippen molar-refractivity contribution < 1.29 is 40.2 Å². The molecule has 15 heteroatoms. The van der Waals surface area contributed by atoms with E-state index in [4.69, 9.17) is 4.74 Å². The molecule has 8 nitrogen and oxygen atoms in total. The second kappa shape index (κ2) is 12.1. The minimum Gasteiger partial charge on any atom is -0.501 e. The summed E-state index contributed by atoms with van der Waals surface area (Å²) in [7, 11) is 1.38. The molecule has 0 aliphatic heterocycles. The van der Waals surface area contributed by atoms with E-state index in [1.165, 1.54) is 31.8 Å². The maximum absolute atomic E-state index is 14.8. The number of nitrogens with zero attached hydrogens (tertiary/aromatic N) is 5. The molecule has 0 bridgehead atoms. The first-order valence-corrected chi connectivity index (χ1v) is 11.5. The highest BCUT2D eigenvalue weighted by atomic mass is 19.4. The molecule has 0 atom stereocenters. The molecule has 0 unspecified atom stereocenters. The normalized spacial score (nSPS) is 12.5. The average molecular weight is 580 g/mol. The van der Waals surface area contributed by atoms with Crippen molar-refractivity contribution in [2.24, 2.45) is 9.98 Å². The highest BCUT2D eigenvalue weighted by Gasteiger charge is 2.33. The van der Waals surface area contributed by atoms with E-state index >= 15 is 0 Å². The molecule has 0 aliphatic carbocycles. The third-order valence-corrected chi connectivity index (χ3v) is 5.43. The Balaban J connectivity index is 1.76. The molecule has 0 radical (unpaired) electrons. The Hall–Kier alpha value is -4.95. The molecule has 214 valence electrons. The summed E-state index contributed by atoms with van der Waals surface area (Å²) >= 11 is 0. The lowest BCUT2D eigenvalue weighted by Crippen LogP contribution is -2.21. The van der Waals surface area contributed by atoms with Crippen molar-refractivity contribution in [2.45, 2.75) is 12.7 Å². The van der Waals surface area contributed by atoms with Gasteiger partial charge in [0, 0.05) is 23.5 Å². The summed E-state index contributed by atoms with van der Waals surface area (Å²) in [6.07, 6.45) is -0.655. The fourth-order valence-electron chi connectivity index (χ4n) is 3.70. The Kier molecular flexibility index (Phi) is 8.54. The molecule has 4 aromatic rings. The van der Waals surface area contributed by atoms with Gasteiger partial charge < -0.3 is 14.8 Å². The summed E-state index contributed by atoms with van der Waals surface area (Å²) in [6.45, 7) is 0.495. The molecule has 0 spiro atoms. The molecular formula is C26H19F7N6O2. The van der Waals surface area contributed by atoms with Crippen LogP contribution in [-0.2, 0) is 11.3 Å². The molecule has 2 aromatic heterocycles. The number of nitrogens with one attached hydrogen (secondary N) is 1. The van der Waals surface area contributed by atoms with Gasteiger partial charge in [-0.15, -0.1) is 0 Å². The van der Waals surface area contributed by atoms with Crippen LogP contribution in [-0.4, -0.2) is 47.2 Å². The fraction of sp³-hybridized carbons (Fsp3) is 0.154. The van der Waals surface area contributed by atoms with Gasteiger partial charge in [-0.25, -0.2) is 18.8 Å². The van der Waals surface area contributed by atoms with Crippen LogP contribution in [0.4, 0.5) is 36.4 Å². The largest absolute Gasteiger partial charge is 0.501 e. The number of alkyl halides is 3. The Labute approximate surface area is 227 Å². The van der Waals surface area contributed by atoms with E-state index in [1.54, 1.807) is 30.3 Å². The number of aromatic nitrogens is 3. The van der Waals surface area contributed by atoms with Crippen LogP contribution in [0.1, 0.15) is 11.3 Å². The van der Waals surface area contributed by atoms with Crippen LogP contribution in [0.3, 0.4) is 0 Å². The third kappa shape index (κ3) is 6.45. The van der Waals surface area contributed by atoms with E-state index in [1.807, 2.05) is 0 Å². The first-order valence-electron chi connectivity index (χ1n) is 11.5. The van der Waals surface area contributed by atoms with Crippen molar-refractivity contribution >= 4 is 29.1 Å². The number of hydrogen-bond donors (Lipinski definition) is 1. The number of aliphatic imine (C=N–C) groups is 2. The number of amidine groups is 1. The van der Waals surface area contributed by atoms with Crippen LogP contribution >= 0.6 is 0 Å². The van der Waals surface area contributed by atoms with Gasteiger partial charge in [0.05, 0.1) is 24.7 Å². The lowest BCUT2D eigenvalue weighted by Gasteiger charge is -2.14. The highest BCUT2D eigenvalue weighted by Crippen LogP contribution is 2.32. The van der Waals surface area contributed by atoms with Gasteiger partial charge in [-0.3, -0.25) is 9.67 Å². The molecule has 2 heterocycles. The third-order valence-electron chi connectivity index (χ3n) is 5.43. The summed E-state index contributed by atoms with van der Waals surface area (Å²) < 4.78 is 106. The molecule has 2 aromatic carbocycles. The zero-order chi connectivity index (χ0) is 29.7. The number of methoxy groups -OCH3 is 1. The van der Waals surface area contributed by atoms with Crippen molar-refractivity contribution in [3.63, 3.8) is 0 Å². The van der Waals surface area contributed by atoms with E-state index in [9.17, 15) is 30.7 Å². The summed E-state index contributed by atoms with van der Waals surface area (Å²) in [4.78, 5) is 12.2. The molecule has 1 N–H and O–H groups in total. The van der Waals surface area contributed by atoms with Crippen LogP contribution in [0, 0.1) is 23.3 Å². The fourth-order valence-corrected chi connectivity index (χ4v) is 3.70. The van der Waals surface area contributed by atoms with Gasteiger partial charge in [-0.1, -0.05) is 18.2 Å². The minimum atomic E-state index is -5.00. The number of anilines is 1. The smallest absolute Gasteiger partial charge is 0.422 e. The topological polar surface area (TPSA) is 85.9 Å². The van der Waals surface area contributed by atoms with Crippen LogP contribution in [0.15, 0.2) is 70.9 Å². The van der Waals surface area contributed by atoms with E-state index < -0.39 is 53.9 Å². The highest BCUT2D eigenvalue weighted by molar-refractivity contribution is 6.09. The van der Waals surface area contributed by atoms with Gasteiger partial charge in [-0.2, -0.15) is 27.1 Å². The molecular weight excluding hydrogens is 561 g/mol. The van der Waals surface area contributed by atoms with Crippen molar-refractivity contribution in [1.82, 2.24) is 14.8 Å². The van der Waals surface area contributed by atoms with Crippen molar-refractivity contribution in [2.75, 3.05) is 19.0 Å². The monoisotopic (exact) mass is 580 g/mol. The molecule has 0 saturated heterocycles. The summed E-state index contributed by atoms with van der Waals surface area (Å²) in [5.74, 6) is -9.83. The molecule has 0 fully saturated rings.